The van der Waals surface area contributed by atoms with Gasteiger partial charge in [0.05, 0.1) is 18.9 Å². The van der Waals surface area contributed by atoms with Crippen molar-refractivity contribution in [3.8, 4) is 0 Å². The number of hydrogen-bond donors (Lipinski definition) is 2. The lowest BCUT2D eigenvalue weighted by atomic mass is 10.2. The SMILES string of the molecule is Cc1cc(C(=O)NCC2CCCO2)nc(NCc2ccco2)n1. The number of amides is 1. The van der Waals surface area contributed by atoms with E-state index in [0.717, 1.165) is 30.9 Å². The number of aromatic nitrogens is 2. The van der Waals surface area contributed by atoms with E-state index in [9.17, 15) is 4.79 Å². The van der Waals surface area contributed by atoms with Crippen molar-refractivity contribution in [1.82, 2.24) is 15.3 Å². The molecule has 1 aliphatic heterocycles. The van der Waals surface area contributed by atoms with Gasteiger partial charge in [-0.15, -0.1) is 0 Å². The fourth-order valence-electron chi connectivity index (χ4n) is 2.45. The second-order valence-electron chi connectivity index (χ2n) is 5.50. The highest BCUT2D eigenvalue weighted by Gasteiger charge is 2.17. The van der Waals surface area contributed by atoms with Crippen molar-refractivity contribution in [1.29, 1.82) is 0 Å². The topological polar surface area (TPSA) is 89.3 Å². The number of nitrogens with zero attached hydrogens (tertiary/aromatic N) is 2. The van der Waals surface area contributed by atoms with Crippen LogP contribution in [-0.4, -0.2) is 35.1 Å². The van der Waals surface area contributed by atoms with E-state index in [0.29, 0.717) is 24.7 Å². The lowest BCUT2D eigenvalue weighted by Gasteiger charge is -2.11. The van der Waals surface area contributed by atoms with Crippen molar-refractivity contribution in [2.24, 2.45) is 0 Å². The molecule has 7 nitrogen and oxygen atoms in total. The molecule has 7 heteroatoms. The van der Waals surface area contributed by atoms with Crippen molar-refractivity contribution >= 4 is 11.9 Å². The predicted octanol–water partition coefficient (Wildman–Crippen LogP) is 1.90. The Hall–Kier alpha value is -2.41. The first kappa shape index (κ1) is 15.5. The molecule has 1 amide bonds. The summed E-state index contributed by atoms with van der Waals surface area (Å²) in [6.45, 7) is 3.58. The second-order valence-corrected chi connectivity index (χ2v) is 5.50. The highest BCUT2D eigenvalue weighted by molar-refractivity contribution is 5.92. The lowest BCUT2D eigenvalue weighted by Crippen LogP contribution is -2.32. The van der Waals surface area contributed by atoms with Crippen LogP contribution in [0.1, 0.15) is 34.8 Å². The number of carbonyl (C=O) groups is 1. The molecule has 0 bridgehead atoms. The number of hydrogen-bond acceptors (Lipinski definition) is 6. The summed E-state index contributed by atoms with van der Waals surface area (Å²) < 4.78 is 10.7. The summed E-state index contributed by atoms with van der Waals surface area (Å²) in [6.07, 6.45) is 3.75. The van der Waals surface area contributed by atoms with Gasteiger partial charge in [-0.25, -0.2) is 9.97 Å². The van der Waals surface area contributed by atoms with Crippen LogP contribution in [0.3, 0.4) is 0 Å². The number of aryl methyl sites for hydroxylation is 1. The molecule has 23 heavy (non-hydrogen) atoms. The van der Waals surface area contributed by atoms with Crippen LogP contribution in [0.2, 0.25) is 0 Å². The van der Waals surface area contributed by atoms with Crippen LogP contribution in [0.15, 0.2) is 28.9 Å². The molecule has 3 heterocycles. The summed E-state index contributed by atoms with van der Waals surface area (Å²) in [5.74, 6) is 0.968. The van der Waals surface area contributed by atoms with Gasteiger partial charge in [-0.3, -0.25) is 4.79 Å². The van der Waals surface area contributed by atoms with Crippen LogP contribution in [0.4, 0.5) is 5.95 Å². The van der Waals surface area contributed by atoms with E-state index in [4.69, 9.17) is 9.15 Å². The van der Waals surface area contributed by atoms with Gasteiger partial charge in [0.1, 0.15) is 11.5 Å². The Balaban J connectivity index is 1.60. The maximum Gasteiger partial charge on any atom is 0.270 e. The van der Waals surface area contributed by atoms with Crippen molar-refractivity contribution in [2.75, 3.05) is 18.5 Å². The van der Waals surface area contributed by atoms with Crippen molar-refractivity contribution in [2.45, 2.75) is 32.4 Å². The van der Waals surface area contributed by atoms with E-state index in [-0.39, 0.29) is 12.0 Å². The Kier molecular flexibility index (Phi) is 4.87. The van der Waals surface area contributed by atoms with Crippen LogP contribution in [0.25, 0.3) is 0 Å². The van der Waals surface area contributed by atoms with Gasteiger partial charge in [0.15, 0.2) is 0 Å². The summed E-state index contributed by atoms with van der Waals surface area (Å²) in [4.78, 5) is 20.8. The molecule has 1 saturated heterocycles. The van der Waals surface area contributed by atoms with Gasteiger partial charge in [0.2, 0.25) is 5.95 Å². The molecule has 1 unspecified atom stereocenters. The van der Waals surface area contributed by atoms with Gasteiger partial charge in [-0.2, -0.15) is 0 Å². The molecule has 2 aromatic heterocycles. The minimum absolute atomic E-state index is 0.110. The van der Waals surface area contributed by atoms with E-state index in [1.165, 1.54) is 0 Å². The van der Waals surface area contributed by atoms with Gasteiger partial charge in [-0.1, -0.05) is 0 Å². The normalized spacial score (nSPS) is 17.2. The summed E-state index contributed by atoms with van der Waals surface area (Å²) in [6, 6.07) is 5.35. The Labute approximate surface area is 134 Å². The van der Waals surface area contributed by atoms with Gasteiger partial charge in [-0.05, 0) is 38.0 Å². The molecule has 0 aromatic carbocycles. The molecule has 2 aromatic rings. The fourth-order valence-corrected chi connectivity index (χ4v) is 2.45. The quantitative estimate of drug-likeness (QED) is 0.846. The Morgan fingerprint density at radius 2 is 2.35 bits per heavy atom. The van der Waals surface area contributed by atoms with Crippen molar-refractivity contribution < 1.29 is 13.9 Å². The predicted molar refractivity (Wildman–Crippen MR) is 84.1 cm³/mol. The van der Waals surface area contributed by atoms with Crippen LogP contribution in [0, 0.1) is 6.92 Å². The fraction of sp³-hybridized carbons (Fsp3) is 0.438. The van der Waals surface area contributed by atoms with E-state index in [2.05, 4.69) is 20.6 Å². The second kappa shape index (κ2) is 7.23. The molecule has 0 radical (unpaired) electrons. The zero-order valence-corrected chi connectivity index (χ0v) is 13.0. The summed E-state index contributed by atoms with van der Waals surface area (Å²) in [7, 11) is 0. The average molecular weight is 316 g/mol. The lowest BCUT2D eigenvalue weighted by molar-refractivity contribution is 0.0853. The first-order valence-electron chi connectivity index (χ1n) is 7.72. The molecule has 1 atom stereocenters. The number of carbonyl (C=O) groups excluding carboxylic acids is 1. The van der Waals surface area contributed by atoms with Crippen molar-refractivity contribution in [3.63, 3.8) is 0 Å². The Morgan fingerprint density at radius 3 is 3.09 bits per heavy atom. The summed E-state index contributed by atoms with van der Waals surface area (Å²) in [5, 5.41) is 5.92. The largest absolute Gasteiger partial charge is 0.467 e. The molecule has 0 spiro atoms. The Bertz CT molecular complexity index is 651. The maximum absolute atomic E-state index is 12.2. The third kappa shape index (κ3) is 4.29. The standard InChI is InChI=1S/C16H20N4O3/c1-11-8-14(15(21)17-9-12-4-2-6-22-12)20-16(19-11)18-10-13-5-3-7-23-13/h3,5,7-8,12H,2,4,6,9-10H2,1H3,(H,17,21)(H,18,19,20). The van der Waals surface area contributed by atoms with Crippen LogP contribution in [-0.2, 0) is 11.3 Å². The monoisotopic (exact) mass is 316 g/mol. The van der Waals surface area contributed by atoms with E-state index < -0.39 is 0 Å². The number of rotatable bonds is 6. The molecule has 0 aliphatic carbocycles. The molecule has 122 valence electrons. The van der Waals surface area contributed by atoms with Gasteiger partial charge in [0, 0.05) is 18.8 Å². The third-order valence-electron chi connectivity index (χ3n) is 3.60. The number of nitrogens with one attached hydrogen (secondary N) is 2. The minimum atomic E-state index is -0.216. The zero-order valence-electron chi connectivity index (χ0n) is 13.0. The number of ether oxygens (including phenoxy) is 1. The minimum Gasteiger partial charge on any atom is -0.467 e. The molecule has 2 N–H and O–H groups in total. The van der Waals surface area contributed by atoms with Gasteiger partial charge < -0.3 is 19.8 Å². The molecular weight excluding hydrogens is 296 g/mol. The molecular formula is C16H20N4O3. The smallest absolute Gasteiger partial charge is 0.270 e. The van der Waals surface area contributed by atoms with Gasteiger partial charge in [0.25, 0.3) is 5.91 Å². The van der Waals surface area contributed by atoms with Crippen LogP contribution < -0.4 is 10.6 Å². The maximum atomic E-state index is 12.2. The van der Waals surface area contributed by atoms with E-state index >= 15 is 0 Å². The van der Waals surface area contributed by atoms with Gasteiger partial charge >= 0.3 is 0 Å². The number of furan rings is 1. The molecule has 1 fully saturated rings. The van der Waals surface area contributed by atoms with Crippen LogP contribution >= 0.6 is 0 Å². The number of anilines is 1. The summed E-state index contributed by atoms with van der Waals surface area (Å²) in [5.41, 5.74) is 1.07. The third-order valence-corrected chi connectivity index (χ3v) is 3.60. The first-order chi connectivity index (χ1) is 11.2. The Morgan fingerprint density at radius 1 is 1.43 bits per heavy atom. The average Bonchev–Trinajstić information content (AvgIpc) is 3.23. The summed E-state index contributed by atoms with van der Waals surface area (Å²) >= 11 is 0. The first-order valence-corrected chi connectivity index (χ1v) is 7.72. The molecule has 1 aliphatic rings. The van der Waals surface area contributed by atoms with E-state index in [1.807, 2.05) is 19.1 Å². The zero-order chi connectivity index (χ0) is 16.1. The van der Waals surface area contributed by atoms with Crippen LogP contribution in [0.5, 0.6) is 0 Å². The highest BCUT2D eigenvalue weighted by atomic mass is 16.5. The molecule has 0 saturated carbocycles. The van der Waals surface area contributed by atoms with E-state index in [1.54, 1.807) is 12.3 Å². The molecule has 3 rings (SSSR count). The highest BCUT2D eigenvalue weighted by Crippen LogP contribution is 2.11. The van der Waals surface area contributed by atoms with Crippen molar-refractivity contribution in [3.05, 3.63) is 41.6 Å².